The number of nitrogens with zero attached hydrogens (tertiary/aromatic N) is 2. The van der Waals surface area contributed by atoms with Crippen molar-refractivity contribution < 1.29 is 14.8 Å². The lowest BCUT2D eigenvalue weighted by Crippen LogP contribution is -2.29. The number of nitro benzene ring substituents is 1. The topological polar surface area (TPSA) is 97.4 Å². The lowest BCUT2D eigenvalue weighted by Gasteiger charge is -2.12. The molecule has 0 fully saturated rings. The van der Waals surface area contributed by atoms with Gasteiger partial charge in [-0.2, -0.15) is 0 Å². The summed E-state index contributed by atoms with van der Waals surface area (Å²) < 4.78 is 2.02. The highest BCUT2D eigenvalue weighted by molar-refractivity contribution is 5.80. The van der Waals surface area contributed by atoms with Crippen molar-refractivity contribution >= 4 is 22.5 Å². The van der Waals surface area contributed by atoms with E-state index in [4.69, 9.17) is 0 Å². The summed E-state index contributed by atoms with van der Waals surface area (Å²) in [5.41, 5.74) is 1.56. The number of nitro groups is 1. The summed E-state index contributed by atoms with van der Waals surface area (Å²) in [6, 6.07) is 15.6. The second kappa shape index (κ2) is 7.79. The molecule has 2 N–H and O–H groups in total. The molecule has 0 spiro atoms. The van der Waals surface area contributed by atoms with Crippen LogP contribution in [0.5, 0.6) is 0 Å². The maximum Gasteiger partial charge on any atom is 0.269 e. The summed E-state index contributed by atoms with van der Waals surface area (Å²) in [6.45, 7) is 0.607. The molecule has 7 heteroatoms. The summed E-state index contributed by atoms with van der Waals surface area (Å²) in [4.78, 5) is 22.2. The van der Waals surface area contributed by atoms with Gasteiger partial charge in [0, 0.05) is 43.4 Å². The summed E-state index contributed by atoms with van der Waals surface area (Å²) in [5, 5.41) is 24.6. The molecule has 0 aliphatic heterocycles. The van der Waals surface area contributed by atoms with E-state index in [2.05, 4.69) is 5.32 Å². The molecule has 3 rings (SSSR count). The molecule has 2 aromatic carbocycles. The van der Waals surface area contributed by atoms with Crippen molar-refractivity contribution in [3.05, 3.63) is 76.5 Å². The number of carbonyl (C=O) groups excluding carboxylic acids is 1. The van der Waals surface area contributed by atoms with Gasteiger partial charge in [0.05, 0.1) is 11.0 Å². The number of nitrogens with one attached hydrogen (secondary N) is 1. The number of aromatic nitrogens is 1. The third-order valence-electron chi connectivity index (χ3n) is 4.24. The predicted octanol–water partition coefficient (Wildman–Crippen LogP) is 2.79. The van der Waals surface area contributed by atoms with Crippen LogP contribution in [0, 0.1) is 10.1 Å². The molecular formula is C19H19N3O4. The monoisotopic (exact) mass is 353 g/mol. The first-order valence-corrected chi connectivity index (χ1v) is 8.27. The molecule has 26 heavy (non-hydrogen) atoms. The number of hydrogen-bond acceptors (Lipinski definition) is 4. The SMILES string of the molecule is O=C(CCn1ccc2ccccc21)NCC(O)c1ccc([N+](=O)[O-])cc1. The number of benzene rings is 2. The smallest absolute Gasteiger partial charge is 0.269 e. The zero-order valence-corrected chi connectivity index (χ0v) is 14.0. The van der Waals surface area contributed by atoms with E-state index in [0.717, 1.165) is 10.9 Å². The van der Waals surface area contributed by atoms with Gasteiger partial charge in [-0.25, -0.2) is 0 Å². The molecule has 0 aliphatic carbocycles. The molecule has 134 valence electrons. The van der Waals surface area contributed by atoms with Gasteiger partial charge in [0.15, 0.2) is 0 Å². The number of aliphatic hydroxyl groups is 1. The van der Waals surface area contributed by atoms with E-state index in [1.54, 1.807) is 0 Å². The van der Waals surface area contributed by atoms with Gasteiger partial charge < -0.3 is 15.0 Å². The van der Waals surface area contributed by atoms with Crippen LogP contribution in [0.1, 0.15) is 18.1 Å². The van der Waals surface area contributed by atoms with Gasteiger partial charge in [-0.15, -0.1) is 0 Å². The van der Waals surface area contributed by atoms with Gasteiger partial charge in [-0.3, -0.25) is 14.9 Å². The quantitative estimate of drug-likeness (QED) is 0.504. The minimum atomic E-state index is -0.910. The number of amides is 1. The molecule has 3 aromatic rings. The Kier molecular flexibility index (Phi) is 5.28. The number of aliphatic hydroxyl groups excluding tert-OH is 1. The van der Waals surface area contributed by atoms with E-state index in [1.165, 1.54) is 24.3 Å². The molecule has 1 unspecified atom stereocenters. The molecule has 0 aliphatic rings. The van der Waals surface area contributed by atoms with Crippen LogP contribution in [0.25, 0.3) is 10.9 Å². The molecule has 7 nitrogen and oxygen atoms in total. The highest BCUT2D eigenvalue weighted by atomic mass is 16.6. The molecule has 0 bridgehead atoms. The zero-order chi connectivity index (χ0) is 18.5. The van der Waals surface area contributed by atoms with E-state index in [1.807, 2.05) is 41.1 Å². The lowest BCUT2D eigenvalue weighted by atomic mass is 10.1. The Bertz CT molecular complexity index is 918. The number of non-ortho nitro benzene ring substituents is 1. The van der Waals surface area contributed by atoms with Crippen LogP contribution in [-0.4, -0.2) is 27.0 Å². The highest BCUT2D eigenvalue weighted by Gasteiger charge is 2.12. The average molecular weight is 353 g/mol. The van der Waals surface area contributed by atoms with Crippen molar-refractivity contribution in [1.29, 1.82) is 0 Å². The normalized spacial score (nSPS) is 12.0. The van der Waals surface area contributed by atoms with Gasteiger partial charge >= 0.3 is 0 Å². The first kappa shape index (κ1) is 17.6. The largest absolute Gasteiger partial charge is 0.387 e. The van der Waals surface area contributed by atoms with Crippen molar-refractivity contribution in [1.82, 2.24) is 9.88 Å². The molecule has 1 aromatic heterocycles. The molecule has 1 amide bonds. The van der Waals surface area contributed by atoms with Gasteiger partial charge in [-0.05, 0) is 35.2 Å². The van der Waals surface area contributed by atoms with Crippen molar-refractivity contribution in [2.45, 2.75) is 19.1 Å². The number of hydrogen-bond donors (Lipinski definition) is 2. The van der Waals surface area contributed by atoms with Crippen LogP contribution in [0.15, 0.2) is 60.8 Å². The van der Waals surface area contributed by atoms with Crippen LogP contribution < -0.4 is 5.32 Å². The van der Waals surface area contributed by atoms with E-state index in [0.29, 0.717) is 18.5 Å². The number of aryl methyl sites for hydroxylation is 1. The fourth-order valence-corrected chi connectivity index (χ4v) is 2.79. The minimum Gasteiger partial charge on any atom is -0.387 e. The number of carbonyl (C=O) groups is 1. The lowest BCUT2D eigenvalue weighted by molar-refractivity contribution is -0.384. The third-order valence-corrected chi connectivity index (χ3v) is 4.24. The van der Waals surface area contributed by atoms with Gasteiger partial charge in [0.2, 0.25) is 5.91 Å². The van der Waals surface area contributed by atoms with Crippen LogP contribution >= 0.6 is 0 Å². The molecule has 1 heterocycles. The molecule has 0 saturated heterocycles. The fourth-order valence-electron chi connectivity index (χ4n) is 2.79. The first-order chi connectivity index (χ1) is 12.5. The maximum atomic E-state index is 12.0. The average Bonchev–Trinajstić information content (AvgIpc) is 3.07. The molecular weight excluding hydrogens is 334 g/mol. The van der Waals surface area contributed by atoms with Crippen molar-refractivity contribution in [2.75, 3.05) is 6.54 Å². The van der Waals surface area contributed by atoms with Crippen LogP contribution in [-0.2, 0) is 11.3 Å². The molecule has 0 saturated carbocycles. The Morgan fingerprint density at radius 3 is 2.62 bits per heavy atom. The summed E-state index contributed by atoms with van der Waals surface area (Å²) in [6.07, 6.45) is 1.34. The van der Waals surface area contributed by atoms with Gasteiger partial charge in [0.1, 0.15) is 0 Å². The Hall–Kier alpha value is -3.19. The second-order valence-corrected chi connectivity index (χ2v) is 5.99. The number of fused-ring (bicyclic) bond motifs is 1. The van der Waals surface area contributed by atoms with Crippen LogP contribution in [0.2, 0.25) is 0 Å². The van der Waals surface area contributed by atoms with Crippen molar-refractivity contribution in [3.8, 4) is 0 Å². The molecule has 0 radical (unpaired) electrons. The second-order valence-electron chi connectivity index (χ2n) is 5.99. The Balaban J connectivity index is 1.49. The van der Waals surface area contributed by atoms with Gasteiger partial charge in [-0.1, -0.05) is 18.2 Å². The Labute approximate surface area is 150 Å². The van der Waals surface area contributed by atoms with E-state index >= 15 is 0 Å². The number of rotatable bonds is 7. The minimum absolute atomic E-state index is 0.0380. The van der Waals surface area contributed by atoms with Crippen molar-refractivity contribution in [3.63, 3.8) is 0 Å². The van der Waals surface area contributed by atoms with Crippen molar-refractivity contribution in [2.24, 2.45) is 0 Å². The summed E-state index contributed by atoms with van der Waals surface area (Å²) in [7, 11) is 0. The first-order valence-electron chi connectivity index (χ1n) is 8.27. The van der Waals surface area contributed by atoms with Gasteiger partial charge in [0.25, 0.3) is 5.69 Å². The summed E-state index contributed by atoms with van der Waals surface area (Å²) >= 11 is 0. The van der Waals surface area contributed by atoms with E-state index in [9.17, 15) is 20.0 Å². The fraction of sp³-hybridized carbons (Fsp3) is 0.211. The Morgan fingerprint density at radius 2 is 1.88 bits per heavy atom. The zero-order valence-electron chi connectivity index (χ0n) is 14.0. The summed E-state index contributed by atoms with van der Waals surface area (Å²) in [5.74, 6) is -0.163. The maximum absolute atomic E-state index is 12.0. The predicted molar refractivity (Wildman–Crippen MR) is 97.6 cm³/mol. The van der Waals surface area contributed by atoms with Crippen LogP contribution in [0.3, 0.4) is 0 Å². The third kappa shape index (κ3) is 4.07. The Morgan fingerprint density at radius 1 is 1.15 bits per heavy atom. The molecule has 1 atom stereocenters. The van der Waals surface area contributed by atoms with E-state index < -0.39 is 11.0 Å². The number of para-hydroxylation sites is 1. The van der Waals surface area contributed by atoms with E-state index in [-0.39, 0.29) is 18.1 Å². The standard InChI is InChI=1S/C19H19N3O4/c23-18(15-5-7-16(8-6-15)22(25)26)13-20-19(24)10-12-21-11-9-14-3-1-2-4-17(14)21/h1-9,11,18,23H,10,12-13H2,(H,20,24). The highest BCUT2D eigenvalue weighted by Crippen LogP contribution is 2.17. The van der Waals surface area contributed by atoms with Crippen LogP contribution in [0.4, 0.5) is 5.69 Å².